The average Bonchev–Trinajstić information content (AvgIpc) is 2.90. The minimum Gasteiger partial charge on any atom is -0.257 e. The highest BCUT2D eigenvalue weighted by atomic mass is 14.8. The van der Waals surface area contributed by atoms with E-state index in [1.165, 1.54) is 24.1 Å². The molecule has 0 atom stereocenters. The number of aromatic nitrogens is 2. The van der Waals surface area contributed by atoms with Gasteiger partial charge in [-0.05, 0) is 31.3 Å². The van der Waals surface area contributed by atoms with Crippen molar-refractivity contribution in [3.63, 3.8) is 0 Å². The largest absolute Gasteiger partial charge is 0.257 e. The first-order chi connectivity index (χ1) is 7.67. The summed E-state index contributed by atoms with van der Waals surface area (Å²) in [5, 5.41) is 0. The van der Waals surface area contributed by atoms with Crippen LogP contribution in [0.5, 0.6) is 0 Å². The lowest BCUT2D eigenvalue weighted by Crippen LogP contribution is -1.99. The van der Waals surface area contributed by atoms with Gasteiger partial charge in [-0.1, -0.05) is 26.3 Å². The molecule has 2 aliphatic carbocycles. The topological polar surface area (TPSA) is 25.8 Å². The summed E-state index contributed by atoms with van der Waals surface area (Å²) in [5.74, 6) is 0. The minimum atomic E-state index is 0.482. The second kappa shape index (κ2) is 4.00. The maximum absolute atomic E-state index is 4.51. The smallest absolute Gasteiger partial charge is 0.0851 e. The third-order valence-electron chi connectivity index (χ3n) is 3.44. The van der Waals surface area contributed by atoms with E-state index in [0.29, 0.717) is 5.41 Å². The van der Waals surface area contributed by atoms with Crippen molar-refractivity contribution >= 4 is 6.08 Å². The van der Waals surface area contributed by atoms with Gasteiger partial charge in [0.2, 0.25) is 0 Å². The minimum absolute atomic E-state index is 0.482. The van der Waals surface area contributed by atoms with Crippen LogP contribution >= 0.6 is 0 Å². The first-order valence-electron chi connectivity index (χ1n) is 6.21. The van der Waals surface area contributed by atoms with Crippen molar-refractivity contribution in [1.82, 2.24) is 9.97 Å². The molecule has 0 radical (unpaired) electrons. The first kappa shape index (κ1) is 11.3. The molecule has 0 N–H and O–H groups in total. The van der Waals surface area contributed by atoms with Gasteiger partial charge in [-0.2, -0.15) is 0 Å². The number of hydrogen-bond acceptors (Lipinski definition) is 2. The highest BCUT2D eigenvalue weighted by molar-refractivity contribution is 5.61. The van der Waals surface area contributed by atoms with Crippen LogP contribution in [0.3, 0.4) is 0 Å². The summed E-state index contributed by atoms with van der Waals surface area (Å²) in [6, 6.07) is 0. The van der Waals surface area contributed by atoms with Gasteiger partial charge in [0, 0.05) is 12.6 Å². The van der Waals surface area contributed by atoms with E-state index in [1.54, 1.807) is 0 Å². The van der Waals surface area contributed by atoms with Crippen LogP contribution in [-0.2, 0) is 6.42 Å². The van der Waals surface area contributed by atoms with Crippen molar-refractivity contribution in [2.45, 2.75) is 47.0 Å². The summed E-state index contributed by atoms with van der Waals surface area (Å²) < 4.78 is 0. The Hall–Kier alpha value is -1.18. The lowest BCUT2D eigenvalue weighted by Gasteiger charge is -2.07. The maximum atomic E-state index is 4.51. The van der Waals surface area contributed by atoms with Gasteiger partial charge in [-0.3, -0.25) is 9.97 Å². The van der Waals surface area contributed by atoms with Crippen LogP contribution < -0.4 is 0 Å². The van der Waals surface area contributed by atoms with Crippen LogP contribution in [0.2, 0.25) is 0 Å². The number of allylic oxidation sites excluding steroid dienone is 1. The van der Waals surface area contributed by atoms with E-state index in [0.717, 1.165) is 17.8 Å². The van der Waals surface area contributed by atoms with Crippen LogP contribution in [0.15, 0.2) is 11.8 Å². The van der Waals surface area contributed by atoms with Crippen molar-refractivity contribution in [2.24, 2.45) is 5.41 Å². The van der Waals surface area contributed by atoms with E-state index in [9.17, 15) is 0 Å². The van der Waals surface area contributed by atoms with Gasteiger partial charge in [-0.25, -0.2) is 0 Å². The Morgan fingerprint density at radius 1 is 1.25 bits per heavy atom. The fourth-order valence-electron chi connectivity index (χ4n) is 2.07. The number of fused-ring (bicyclic) bond motifs is 1. The normalized spacial score (nSPS) is 19.4. The second-order valence-electron chi connectivity index (χ2n) is 4.75. The van der Waals surface area contributed by atoms with Crippen molar-refractivity contribution in [1.29, 1.82) is 0 Å². The van der Waals surface area contributed by atoms with Crippen LogP contribution in [0, 0.1) is 12.3 Å². The number of hydrogen-bond donors (Lipinski definition) is 0. The molecule has 0 spiro atoms. The SMILES string of the molecule is CC.Cc1cnc2c(n1)C=C(C1(C)CC1)C2. The summed E-state index contributed by atoms with van der Waals surface area (Å²) >= 11 is 0. The first-order valence-corrected chi connectivity index (χ1v) is 6.21. The Labute approximate surface area is 97.8 Å². The Morgan fingerprint density at radius 2 is 1.94 bits per heavy atom. The monoisotopic (exact) mass is 216 g/mol. The van der Waals surface area contributed by atoms with E-state index in [2.05, 4.69) is 23.0 Å². The second-order valence-corrected chi connectivity index (χ2v) is 4.75. The summed E-state index contributed by atoms with van der Waals surface area (Å²) in [5.41, 5.74) is 5.31. The standard InChI is InChI=1S/C12H14N2.C2H6/c1-8-7-13-10-5-9(6-11(10)14-8)12(2)3-4-12;1-2/h6-7H,3-5H2,1-2H3;1-2H3. The van der Waals surface area contributed by atoms with Crippen LogP contribution in [-0.4, -0.2) is 9.97 Å². The fraction of sp³-hybridized carbons (Fsp3) is 0.571. The molecule has 0 aliphatic heterocycles. The molecule has 1 aromatic heterocycles. The summed E-state index contributed by atoms with van der Waals surface area (Å²) in [6.07, 6.45) is 7.82. The molecular weight excluding hydrogens is 196 g/mol. The van der Waals surface area contributed by atoms with E-state index in [4.69, 9.17) is 0 Å². The third kappa shape index (κ3) is 1.89. The molecule has 1 fully saturated rings. The van der Waals surface area contributed by atoms with Crippen LogP contribution in [0.4, 0.5) is 0 Å². The lowest BCUT2D eigenvalue weighted by molar-refractivity contribution is 0.674. The highest BCUT2D eigenvalue weighted by Crippen LogP contribution is 2.54. The van der Waals surface area contributed by atoms with Gasteiger partial charge < -0.3 is 0 Å². The average molecular weight is 216 g/mol. The summed E-state index contributed by atoms with van der Waals surface area (Å²) in [4.78, 5) is 8.94. The predicted molar refractivity (Wildman–Crippen MR) is 67.1 cm³/mol. The predicted octanol–water partition coefficient (Wildman–Crippen LogP) is 3.55. The van der Waals surface area contributed by atoms with Crippen molar-refractivity contribution < 1.29 is 0 Å². The molecule has 0 bridgehead atoms. The Kier molecular flexibility index (Phi) is 2.83. The van der Waals surface area contributed by atoms with Gasteiger partial charge in [0.25, 0.3) is 0 Å². The molecule has 16 heavy (non-hydrogen) atoms. The molecule has 2 nitrogen and oxygen atoms in total. The van der Waals surface area contributed by atoms with Crippen LogP contribution in [0.25, 0.3) is 6.08 Å². The van der Waals surface area contributed by atoms with E-state index in [1.807, 2.05) is 27.0 Å². The van der Waals surface area contributed by atoms with E-state index in [-0.39, 0.29) is 0 Å². The molecule has 2 aliphatic rings. The Morgan fingerprint density at radius 3 is 2.56 bits per heavy atom. The lowest BCUT2D eigenvalue weighted by atomic mass is 9.97. The molecular formula is C14H20N2. The van der Waals surface area contributed by atoms with Crippen molar-refractivity contribution in [3.8, 4) is 0 Å². The third-order valence-corrected chi connectivity index (χ3v) is 3.44. The summed E-state index contributed by atoms with van der Waals surface area (Å²) in [7, 11) is 0. The van der Waals surface area contributed by atoms with Gasteiger partial charge in [0.15, 0.2) is 0 Å². The molecule has 0 amide bonds. The van der Waals surface area contributed by atoms with Crippen LogP contribution in [0.1, 0.15) is 50.7 Å². The molecule has 1 aromatic rings. The van der Waals surface area contributed by atoms with Gasteiger partial charge in [0.05, 0.1) is 17.1 Å². The molecule has 86 valence electrons. The maximum Gasteiger partial charge on any atom is 0.0851 e. The molecule has 0 aromatic carbocycles. The quantitative estimate of drug-likeness (QED) is 0.717. The zero-order valence-electron chi connectivity index (χ0n) is 10.7. The zero-order valence-corrected chi connectivity index (χ0v) is 10.7. The summed E-state index contributed by atoms with van der Waals surface area (Å²) in [6.45, 7) is 8.34. The molecule has 2 heteroatoms. The Balaban J connectivity index is 0.000000457. The van der Waals surface area contributed by atoms with Gasteiger partial charge >= 0.3 is 0 Å². The highest BCUT2D eigenvalue weighted by Gasteiger charge is 2.42. The van der Waals surface area contributed by atoms with Crippen molar-refractivity contribution in [2.75, 3.05) is 0 Å². The molecule has 1 saturated carbocycles. The van der Waals surface area contributed by atoms with E-state index < -0.39 is 0 Å². The molecule has 3 rings (SSSR count). The van der Waals surface area contributed by atoms with Gasteiger partial charge in [0.1, 0.15) is 0 Å². The number of rotatable bonds is 1. The zero-order chi connectivity index (χ0) is 11.8. The number of aryl methyl sites for hydroxylation is 1. The van der Waals surface area contributed by atoms with Gasteiger partial charge in [-0.15, -0.1) is 0 Å². The molecule has 0 saturated heterocycles. The molecule has 0 unspecified atom stereocenters. The Bertz CT molecular complexity index is 428. The molecule has 1 heterocycles. The fourth-order valence-corrected chi connectivity index (χ4v) is 2.07. The van der Waals surface area contributed by atoms with Crippen molar-refractivity contribution in [3.05, 3.63) is 28.9 Å². The van der Waals surface area contributed by atoms with E-state index >= 15 is 0 Å². The number of nitrogens with zero attached hydrogens (tertiary/aromatic N) is 2.